The lowest BCUT2D eigenvalue weighted by atomic mass is 9.96. The van der Waals surface area contributed by atoms with E-state index in [2.05, 4.69) is 27.0 Å². The average molecular weight is 343 g/mol. The van der Waals surface area contributed by atoms with Crippen LogP contribution in [0.5, 0.6) is 0 Å². The van der Waals surface area contributed by atoms with Crippen LogP contribution in [0.1, 0.15) is 25.5 Å². The first-order valence-electron chi connectivity index (χ1n) is 9.16. The van der Waals surface area contributed by atoms with Crippen LogP contribution in [0, 0.1) is 5.92 Å². The molecular weight excluding hydrogens is 314 g/mol. The van der Waals surface area contributed by atoms with E-state index in [0.717, 1.165) is 50.0 Å². The van der Waals surface area contributed by atoms with Crippen molar-refractivity contribution in [2.75, 3.05) is 33.2 Å². The monoisotopic (exact) mass is 343 g/mol. The Labute approximate surface area is 150 Å². The highest BCUT2D eigenvalue weighted by atomic mass is 16.3. The molecule has 1 aliphatic heterocycles. The maximum atomic E-state index is 9.50. The van der Waals surface area contributed by atoms with Crippen LogP contribution in [0.25, 0.3) is 5.69 Å². The molecule has 2 heterocycles. The van der Waals surface area contributed by atoms with Crippen molar-refractivity contribution in [3.8, 4) is 5.69 Å². The predicted molar refractivity (Wildman–Crippen MR) is 98.5 cm³/mol. The molecule has 136 valence electrons. The third-order valence-corrected chi connectivity index (χ3v) is 4.76. The summed E-state index contributed by atoms with van der Waals surface area (Å²) in [6.07, 6.45) is 4.03. The molecule has 0 amide bonds. The maximum absolute atomic E-state index is 9.50. The molecule has 0 bridgehead atoms. The molecular formula is C19H29N5O. The molecule has 2 aromatic rings. The van der Waals surface area contributed by atoms with E-state index in [1.165, 1.54) is 12.8 Å². The Balaban J connectivity index is 1.46. The van der Waals surface area contributed by atoms with Gasteiger partial charge in [-0.05, 0) is 58.0 Å². The number of aliphatic hydroxyl groups excluding tert-OH is 1. The van der Waals surface area contributed by atoms with Gasteiger partial charge in [0.2, 0.25) is 0 Å². The molecule has 6 nitrogen and oxygen atoms in total. The topological polar surface area (TPSA) is 57.4 Å². The van der Waals surface area contributed by atoms with Gasteiger partial charge in [0.25, 0.3) is 0 Å². The highest BCUT2D eigenvalue weighted by Crippen LogP contribution is 2.19. The van der Waals surface area contributed by atoms with Gasteiger partial charge in [0.05, 0.1) is 23.7 Å². The molecule has 1 aromatic heterocycles. The van der Waals surface area contributed by atoms with Gasteiger partial charge in [-0.1, -0.05) is 18.2 Å². The van der Waals surface area contributed by atoms with E-state index in [1.54, 1.807) is 4.80 Å². The number of aliphatic hydroxyl groups is 1. The van der Waals surface area contributed by atoms with Crippen molar-refractivity contribution in [3.63, 3.8) is 0 Å². The van der Waals surface area contributed by atoms with Gasteiger partial charge >= 0.3 is 0 Å². The van der Waals surface area contributed by atoms with Crippen molar-refractivity contribution < 1.29 is 5.11 Å². The minimum absolute atomic E-state index is 0.230. The molecule has 1 aromatic carbocycles. The molecule has 1 N–H and O–H groups in total. The summed E-state index contributed by atoms with van der Waals surface area (Å²) in [4.78, 5) is 6.40. The van der Waals surface area contributed by atoms with Crippen LogP contribution in [0.2, 0.25) is 0 Å². The quantitative estimate of drug-likeness (QED) is 0.831. The molecule has 1 atom stereocenters. The number of hydrogen-bond donors (Lipinski definition) is 1. The maximum Gasteiger partial charge on any atom is 0.0971 e. The Morgan fingerprint density at radius 2 is 1.96 bits per heavy atom. The summed E-state index contributed by atoms with van der Waals surface area (Å²) in [6, 6.07) is 10.0. The summed E-state index contributed by atoms with van der Waals surface area (Å²) in [5.41, 5.74) is 1.99. The average Bonchev–Trinajstić information content (AvgIpc) is 3.05. The summed E-state index contributed by atoms with van der Waals surface area (Å²) in [5.74, 6) is 0.722. The molecule has 0 aliphatic carbocycles. The van der Waals surface area contributed by atoms with Crippen LogP contribution in [-0.2, 0) is 6.54 Å². The number of likely N-dealkylation sites (tertiary alicyclic amines) is 1. The van der Waals surface area contributed by atoms with E-state index < -0.39 is 0 Å². The minimum Gasteiger partial charge on any atom is -0.392 e. The summed E-state index contributed by atoms with van der Waals surface area (Å²) in [5, 5.41) is 18.5. The summed E-state index contributed by atoms with van der Waals surface area (Å²) in [7, 11) is 2.16. The number of aromatic nitrogens is 3. The minimum atomic E-state index is -0.230. The van der Waals surface area contributed by atoms with Crippen LogP contribution in [0.15, 0.2) is 36.5 Å². The summed E-state index contributed by atoms with van der Waals surface area (Å²) < 4.78 is 0. The number of piperidine rings is 1. The van der Waals surface area contributed by atoms with Gasteiger partial charge in [0.15, 0.2) is 0 Å². The lowest BCUT2D eigenvalue weighted by Gasteiger charge is -2.34. The Morgan fingerprint density at radius 3 is 2.64 bits per heavy atom. The van der Waals surface area contributed by atoms with Crippen LogP contribution in [0.4, 0.5) is 0 Å². The number of nitrogens with zero attached hydrogens (tertiary/aromatic N) is 5. The van der Waals surface area contributed by atoms with Gasteiger partial charge in [0.1, 0.15) is 0 Å². The zero-order valence-corrected chi connectivity index (χ0v) is 15.3. The Bertz CT molecular complexity index is 634. The van der Waals surface area contributed by atoms with Gasteiger partial charge in [-0.2, -0.15) is 15.0 Å². The first-order valence-corrected chi connectivity index (χ1v) is 9.16. The largest absolute Gasteiger partial charge is 0.392 e. The SMILES string of the molecule is CC(O)CN1CCC(CN(C)Cc2cnn(-c3ccccc3)n2)CC1. The molecule has 0 radical (unpaired) electrons. The standard InChI is InChI=1S/C19H29N5O/c1-16(25)13-23-10-8-17(9-11-23)14-22(2)15-18-12-20-24(21-18)19-6-4-3-5-7-19/h3-7,12,16-17,25H,8-11,13-15H2,1-2H3. The smallest absolute Gasteiger partial charge is 0.0971 e. The Morgan fingerprint density at radius 1 is 1.24 bits per heavy atom. The van der Waals surface area contributed by atoms with E-state index in [4.69, 9.17) is 0 Å². The fraction of sp³-hybridized carbons (Fsp3) is 0.579. The Hall–Kier alpha value is -1.76. The number of benzene rings is 1. The van der Waals surface area contributed by atoms with Crippen molar-refractivity contribution in [3.05, 3.63) is 42.2 Å². The van der Waals surface area contributed by atoms with E-state index in [1.807, 2.05) is 43.5 Å². The number of hydrogen-bond acceptors (Lipinski definition) is 5. The second-order valence-corrected chi connectivity index (χ2v) is 7.25. The van der Waals surface area contributed by atoms with Crippen molar-refractivity contribution in [2.24, 2.45) is 5.92 Å². The summed E-state index contributed by atoms with van der Waals surface area (Å²) >= 11 is 0. The van der Waals surface area contributed by atoms with Crippen LogP contribution < -0.4 is 0 Å². The lowest BCUT2D eigenvalue weighted by Crippen LogP contribution is -2.40. The molecule has 6 heteroatoms. The van der Waals surface area contributed by atoms with Gasteiger partial charge in [0, 0.05) is 19.6 Å². The molecule has 0 spiro atoms. The number of para-hydroxylation sites is 1. The van der Waals surface area contributed by atoms with Crippen LogP contribution in [0.3, 0.4) is 0 Å². The molecule has 1 unspecified atom stereocenters. The van der Waals surface area contributed by atoms with Gasteiger partial charge in [-0.15, -0.1) is 0 Å². The van der Waals surface area contributed by atoms with Crippen LogP contribution in [-0.4, -0.2) is 69.2 Å². The third kappa shape index (κ3) is 5.36. The second kappa shape index (κ2) is 8.56. The van der Waals surface area contributed by atoms with Gasteiger partial charge in [-0.25, -0.2) is 0 Å². The van der Waals surface area contributed by atoms with Crippen molar-refractivity contribution >= 4 is 0 Å². The fourth-order valence-corrected chi connectivity index (χ4v) is 3.56. The van der Waals surface area contributed by atoms with E-state index in [9.17, 15) is 5.11 Å². The molecule has 3 rings (SSSR count). The summed E-state index contributed by atoms with van der Waals surface area (Å²) in [6.45, 7) is 6.75. The van der Waals surface area contributed by atoms with Crippen LogP contribution >= 0.6 is 0 Å². The van der Waals surface area contributed by atoms with Gasteiger partial charge in [-0.3, -0.25) is 0 Å². The predicted octanol–water partition coefficient (Wildman–Crippen LogP) is 1.79. The van der Waals surface area contributed by atoms with E-state index in [-0.39, 0.29) is 6.10 Å². The fourth-order valence-electron chi connectivity index (χ4n) is 3.56. The zero-order valence-electron chi connectivity index (χ0n) is 15.3. The first kappa shape index (κ1) is 18.0. The number of rotatable bonds is 7. The Kier molecular flexibility index (Phi) is 6.18. The molecule has 0 saturated carbocycles. The van der Waals surface area contributed by atoms with E-state index in [0.29, 0.717) is 0 Å². The lowest BCUT2D eigenvalue weighted by molar-refractivity contribution is 0.0918. The van der Waals surface area contributed by atoms with Gasteiger partial charge < -0.3 is 14.9 Å². The highest BCUT2D eigenvalue weighted by Gasteiger charge is 2.21. The highest BCUT2D eigenvalue weighted by molar-refractivity contribution is 5.28. The first-order chi connectivity index (χ1) is 12.1. The normalized spacial score (nSPS) is 17.9. The number of β-amino-alcohol motifs (C(OH)–C–C–N with tert-alkyl or cyclic N) is 1. The second-order valence-electron chi connectivity index (χ2n) is 7.25. The van der Waals surface area contributed by atoms with Crippen molar-refractivity contribution in [2.45, 2.75) is 32.4 Å². The van der Waals surface area contributed by atoms with Crippen molar-refractivity contribution in [1.29, 1.82) is 0 Å². The van der Waals surface area contributed by atoms with Crippen molar-refractivity contribution in [1.82, 2.24) is 24.8 Å². The molecule has 1 saturated heterocycles. The van der Waals surface area contributed by atoms with E-state index >= 15 is 0 Å². The molecule has 1 fully saturated rings. The molecule has 1 aliphatic rings. The zero-order chi connectivity index (χ0) is 17.6. The molecule has 25 heavy (non-hydrogen) atoms. The third-order valence-electron chi connectivity index (χ3n) is 4.76.